The summed E-state index contributed by atoms with van der Waals surface area (Å²) in [6, 6.07) is 6.42. The van der Waals surface area contributed by atoms with Gasteiger partial charge in [0.15, 0.2) is 6.61 Å². The molecule has 1 aromatic rings. The number of rotatable bonds is 5. The van der Waals surface area contributed by atoms with Crippen molar-refractivity contribution in [2.45, 2.75) is 49.3 Å². The van der Waals surface area contributed by atoms with Crippen LogP contribution < -0.4 is 4.90 Å². The van der Waals surface area contributed by atoms with Gasteiger partial charge in [0.05, 0.1) is 6.42 Å². The number of hydrogen-bond acceptors (Lipinski definition) is 4. The smallest absolute Gasteiger partial charge is 0.306 e. The fraction of sp³-hybridized carbons (Fsp3) is 0.667. The van der Waals surface area contributed by atoms with E-state index < -0.39 is 0 Å². The topological polar surface area (TPSA) is 49.9 Å². The summed E-state index contributed by atoms with van der Waals surface area (Å²) in [4.78, 5) is 29.1. The number of ether oxygens (including phenoxy) is 1. The zero-order valence-electron chi connectivity index (χ0n) is 17.8. The number of amides is 1. The number of carbonyl (C=O) groups is 2. The summed E-state index contributed by atoms with van der Waals surface area (Å²) < 4.78 is 18.8. The Labute approximate surface area is 191 Å². The van der Waals surface area contributed by atoms with Crippen molar-refractivity contribution in [1.29, 1.82) is 0 Å². The molecule has 5 aliphatic rings. The summed E-state index contributed by atoms with van der Waals surface area (Å²) in [6.45, 7) is 2.35. The summed E-state index contributed by atoms with van der Waals surface area (Å²) in [5.41, 5.74) is 1.02. The molecule has 1 aliphatic heterocycles. The molecule has 1 saturated heterocycles. The van der Waals surface area contributed by atoms with Gasteiger partial charge in [-0.2, -0.15) is 0 Å². The van der Waals surface area contributed by atoms with Crippen LogP contribution in [0.5, 0.6) is 0 Å². The van der Waals surface area contributed by atoms with Gasteiger partial charge in [-0.15, -0.1) is 0 Å². The largest absolute Gasteiger partial charge is 0.456 e. The fourth-order valence-electron chi connectivity index (χ4n) is 7.00. The molecule has 1 heterocycles. The van der Waals surface area contributed by atoms with Crippen LogP contribution in [0.25, 0.3) is 0 Å². The molecule has 5 fully saturated rings. The summed E-state index contributed by atoms with van der Waals surface area (Å²) in [5.74, 6) is 0.852. The monoisotopic (exact) mass is 492 g/mol. The summed E-state index contributed by atoms with van der Waals surface area (Å²) in [6.07, 6.45) is 7.55. The summed E-state index contributed by atoms with van der Waals surface area (Å²) >= 11 is 3.99. The van der Waals surface area contributed by atoms with Gasteiger partial charge in [-0.3, -0.25) is 9.59 Å². The van der Waals surface area contributed by atoms with Crippen molar-refractivity contribution in [1.82, 2.24) is 4.90 Å². The van der Waals surface area contributed by atoms with Crippen LogP contribution in [-0.2, 0) is 14.3 Å². The lowest BCUT2D eigenvalue weighted by Gasteiger charge is -2.60. The Hall–Kier alpha value is -1.63. The number of benzene rings is 1. The van der Waals surface area contributed by atoms with Gasteiger partial charge in [0.1, 0.15) is 5.82 Å². The molecule has 168 valence electrons. The first kappa shape index (κ1) is 21.2. The molecule has 0 radical (unpaired) electrons. The third-order valence-electron chi connectivity index (χ3n) is 7.81. The predicted molar refractivity (Wildman–Crippen MR) is 120 cm³/mol. The average Bonchev–Trinajstić information content (AvgIpc) is 2.70. The number of piperazine rings is 1. The van der Waals surface area contributed by atoms with Crippen LogP contribution in [0.4, 0.5) is 10.1 Å². The van der Waals surface area contributed by atoms with Crippen LogP contribution >= 0.6 is 15.9 Å². The number of alkyl halides is 1. The van der Waals surface area contributed by atoms with E-state index in [-0.39, 0.29) is 34.0 Å². The van der Waals surface area contributed by atoms with Gasteiger partial charge < -0.3 is 14.5 Å². The second-order valence-electron chi connectivity index (χ2n) is 10.3. The Balaban J connectivity index is 1.09. The van der Waals surface area contributed by atoms with Crippen LogP contribution in [0.15, 0.2) is 24.3 Å². The Bertz CT molecular complexity index is 839. The van der Waals surface area contributed by atoms with Crippen LogP contribution in [-0.4, -0.2) is 53.9 Å². The maximum atomic E-state index is 13.1. The Kier molecular flexibility index (Phi) is 5.51. The standard InChI is InChI=1S/C24H30BrFN2O3/c25-24-12-17-9-18(13-24)11-23(10-17,16-24)14-22(30)31-15-21(29)28-7-5-27(6-8-28)20-3-1-19(26)2-4-20/h1-4,17-18H,5-16H2. The molecule has 5 nitrogen and oxygen atoms in total. The summed E-state index contributed by atoms with van der Waals surface area (Å²) in [5, 5.41) is 0. The van der Waals surface area contributed by atoms with Crippen molar-refractivity contribution in [2.75, 3.05) is 37.7 Å². The normalized spacial score (nSPS) is 34.1. The molecule has 0 spiro atoms. The molecule has 2 unspecified atom stereocenters. The third kappa shape index (κ3) is 4.48. The van der Waals surface area contributed by atoms with E-state index in [0.717, 1.165) is 36.8 Å². The lowest BCUT2D eigenvalue weighted by atomic mass is 9.49. The van der Waals surface area contributed by atoms with Gasteiger partial charge in [0.2, 0.25) is 0 Å². The van der Waals surface area contributed by atoms with E-state index in [1.54, 1.807) is 17.0 Å². The van der Waals surface area contributed by atoms with Gasteiger partial charge in [-0.1, -0.05) is 15.9 Å². The minimum Gasteiger partial charge on any atom is -0.456 e. The third-order valence-corrected chi connectivity index (χ3v) is 8.74. The second-order valence-corrected chi connectivity index (χ2v) is 12.0. The minimum absolute atomic E-state index is 0.0640. The average molecular weight is 493 g/mol. The number of carbonyl (C=O) groups excluding carboxylic acids is 2. The van der Waals surface area contributed by atoms with Gasteiger partial charge in [-0.05, 0) is 80.0 Å². The quantitative estimate of drug-likeness (QED) is 0.457. The minimum atomic E-state index is -0.251. The molecule has 4 saturated carbocycles. The molecule has 4 aliphatic carbocycles. The van der Waals surface area contributed by atoms with Crippen LogP contribution in [0.1, 0.15) is 44.9 Å². The van der Waals surface area contributed by atoms with E-state index in [1.807, 2.05) is 0 Å². The molecule has 1 amide bonds. The predicted octanol–water partition coefficient (Wildman–Crippen LogP) is 4.14. The van der Waals surface area contributed by atoms with Crippen LogP contribution in [0.2, 0.25) is 0 Å². The maximum absolute atomic E-state index is 13.1. The lowest BCUT2D eigenvalue weighted by molar-refractivity contribution is -0.157. The van der Waals surface area contributed by atoms with Gasteiger partial charge in [-0.25, -0.2) is 4.39 Å². The number of esters is 1. The van der Waals surface area contributed by atoms with Crippen LogP contribution in [0.3, 0.4) is 0 Å². The summed E-state index contributed by atoms with van der Waals surface area (Å²) in [7, 11) is 0. The molecular formula is C24H30BrFN2O3. The molecule has 1 aromatic carbocycles. The van der Waals surface area contributed by atoms with E-state index in [1.165, 1.54) is 31.4 Å². The van der Waals surface area contributed by atoms with Crippen molar-refractivity contribution in [3.63, 3.8) is 0 Å². The first-order valence-electron chi connectivity index (χ1n) is 11.4. The second kappa shape index (κ2) is 8.05. The molecular weight excluding hydrogens is 463 g/mol. The number of nitrogens with zero attached hydrogens (tertiary/aromatic N) is 2. The maximum Gasteiger partial charge on any atom is 0.306 e. The van der Waals surface area contributed by atoms with Gasteiger partial charge in [0.25, 0.3) is 5.91 Å². The van der Waals surface area contributed by atoms with E-state index in [0.29, 0.717) is 32.6 Å². The van der Waals surface area contributed by atoms with Gasteiger partial charge >= 0.3 is 5.97 Å². The SMILES string of the molecule is O=C(CC12CC3CC(CC(Br)(C3)C1)C2)OCC(=O)N1CCN(c2ccc(F)cc2)CC1. The molecule has 6 rings (SSSR count). The number of halogens is 2. The van der Waals surface area contributed by atoms with Crippen LogP contribution in [0, 0.1) is 23.1 Å². The highest BCUT2D eigenvalue weighted by atomic mass is 79.9. The Morgan fingerprint density at radius 3 is 2.29 bits per heavy atom. The highest BCUT2D eigenvalue weighted by molar-refractivity contribution is 9.10. The molecule has 7 heteroatoms. The van der Waals surface area contributed by atoms with Crippen molar-refractivity contribution in [3.05, 3.63) is 30.1 Å². The first-order valence-corrected chi connectivity index (χ1v) is 12.2. The zero-order valence-corrected chi connectivity index (χ0v) is 19.4. The first-order chi connectivity index (χ1) is 14.8. The van der Waals surface area contributed by atoms with E-state index >= 15 is 0 Å². The molecule has 31 heavy (non-hydrogen) atoms. The highest BCUT2D eigenvalue weighted by Crippen LogP contribution is 2.65. The van der Waals surface area contributed by atoms with E-state index in [4.69, 9.17) is 4.74 Å². The highest BCUT2D eigenvalue weighted by Gasteiger charge is 2.57. The molecule has 0 aromatic heterocycles. The molecule has 2 atom stereocenters. The van der Waals surface area contributed by atoms with Crippen molar-refractivity contribution in [3.8, 4) is 0 Å². The molecule has 0 N–H and O–H groups in total. The lowest BCUT2D eigenvalue weighted by Crippen LogP contribution is -2.53. The van der Waals surface area contributed by atoms with Crippen molar-refractivity contribution in [2.24, 2.45) is 17.3 Å². The molecule has 4 bridgehead atoms. The number of anilines is 1. The Morgan fingerprint density at radius 1 is 1.03 bits per heavy atom. The van der Waals surface area contributed by atoms with E-state index in [2.05, 4.69) is 20.8 Å². The number of hydrogen-bond donors (Lipinski definition) is 0. The van der Waals surface area contributed by atoms with E-state index in [9.17, 15) is 14.0 Å². The Morgan fingerprint density at radius 2 is 1.68 bits per heavy atom. The zero-order chi connectivity index (χ0) is 21.6. The van der Waals surface area contributed by atoms with Gasteiger partial charge in [0, 0.05) is 36.2 Å². The fourth-order valence-corrected chi connectivity index (χ4v) is 8.51. The van der Waals surface area contributed by atoms with Crippen molar-refractivity contribution >= 4 is 33.5 Å². The van der Waals surface area contributed by atoms with Crippen molar-refractivity contribution < 1.29 is 18.7 Å².